The van der Waals surface area contributed by atoms with E-state index in [0.29, 0.717) is 17.8 Å². The summed E-state index contributed by atoms with van der Waals surface area (Å²) >= 11 is 0. The zero-order chi connectivity index (χ0) is 13.1. The second-order valence-electron chi connectivity index (χ2n) is 5.50. The average Bonchev–Trinajstić information content (AvgIpc) is 2.34. The van der Waals surface area contributed by atoms with Gasteiger partial charge in [-0.25, -0.2) is 0 Å². The van der Waals surface area contributed by atoms with Crippen molar-refractivity contribution in [3.63, 3.8) is 0 Å². The number of hydrogen-bond acceptors (Lipinski definition) is 3. The van der Waals surface area contributed by atoms with Crippen molar-refractivity contribution in [3.05, 3.63) is 29.8 Å². The molecule has 1 aromatic carbocycles. The van der Waals surface area contributed by atoms with E-state index in [0.717, 1.165) is 12.1 Å². The molecule has 0 radical (unpaired) electrons. The Morgan fingerprint density at radius 3 is 2.78 bits per heavy atom. The Balaban J connectivity index is 1.96. The Bertz CT molecular complexity index is 394. The number of aromatic hydroxyl groups is 1. The van der Waals surface area contributed by atoms with Crippen LogP contribution in [0.1, 0.15) is 38.3 Å². The second kappa shape index (κ2) is 5.72. The van der Waals surface area contributed by atoms with Crippen LogP contribution in [0.15, 0.2) is 24.3 Å². The molecule has 1 aliphatic heterocycles. The smallest absolute Gasteiger partial charge is 0.120 e. The highest BCUT2D eigenvalue weighted by atomic mass is 16.3. The minimum absolute atomic E-state index is 0.201. The summed E-state index contributed by atoms with van der Waals surface area (Å²) in [7, 11) is 2.19. The fourth-order valence-electron chi connectivity index (χ4n) is 2.74. The largest absolute Gasteiger partial charge is 0.508 e. The van der Waals surface area contributed by atoms with Crippen LogP contribution in [0.5, 0.6) is 5.75 Å². The minimum atomic E-state index is 0.201. The van der Waals surface area contributed by atoms with Crippen LogP contribution in [0.3, 0.4) is 0 Å². The Hall–Kier alpha value is -1.06. The molecule has 0 amide bonds. The average molecular weight is 248 g/mol. The first-order valence-corrected chi connectivity index (χ1v) is 6.82. The highest BCUT2D eigenvalue weighted by Gasteiger charge is 2.24. The molecule has 1 saturated heterocycles. The maximum atomic E-state index is 9.86. The number of phenolic OH excluding ortho intramolecular Hbond substituents is 1. The molecular weight excluding hydrogens is 224 g/mol. The van der Waals surface area contributed by atoms with Crippen molar-refractivity contribution in [1.29, 1.82) is 0 Å². The molecule has 0 aromatic heterocycles. The SMILES string of the molecule is CC(NC1CCN(C)C(C)C1)c1ccccc1O. The van der Waals surface area contributed by atoms with Crippen molar-refractivity contribution in [1.82, 2.24) is 10.2 Å². The molecule has 0 spiro atoms. The molecule has 1 aliphatic rings. The second-order valence-corrected chi connectivity index (χ2v) is 5.50. The first-order valence-electron chi connectivity index (χ1n) is 6.82. The summed E-state index contributed by atoms with van der Waals surface area (Å²) in [5, 5.41) is 13.5. The van der Waals surface area contributed by atoms with Crippen molar-refractivity contribution in [3.8, 4) is 5.75 Å². The molecule has 3 unspecified atom stereocenters. The Kier molecular flexibility index (Phi) is 4.25. The summed E-state index contributed by atoms with van der Waals surface area (Å²) in [4.78, 5) is 2.41. The van der Waals surface area contributed by atoms with E-state index < -0.39 is 0 Å². The zero-order valence-corrected chi connectivity index (χ0v) is 11.6. The van der Waals surface area contributed by atoms with Gasteiger partial charge in [0.2, 0.25) is 0 Å². The number of piperidine rings is 1. The number of likely N-dealkylation sites (tertiary alicyclic amines) is 1. The lowest BCUT2D eigenvalue weighted by Crippen LogP contribution is -2.46. The molecule has 0 saturated carbocycles. The van der Waals surface area contributed by atoms with Gasteiger partial charge in [-0.3, -0.25) is 0 Å². The fraction of sp³-hybridized carbons (Fsp3) is 0.600. The van der Waals surface area contributed by atoms with Crippen molar-refractivity contribution < 1.29 is 5.11 Å². The van der Waals surface area contributed by atoms with Crippen LogP contribution in [-0.2, 0) is 0 Å². The molecular formula is C15H24N2O. The fourth-order valence-corrected chi connectivity index (χ4v) is 2.74. The van der Waals surface area contributed by atoms with Crippen LogP contribution in [-0.4, -0.2) is 35.7 Å². The van der Waals surface area contributed by atoms with Crippen LogP contribution in [0.4, 0.5) is 0 Å². The lowest BCUT2D eigenvalue weighted by Gasteiger charge is -2.36. The molecule has 1 heterocycles. The monoisotopic (exact) mass is 248 g/mol. The van der Waals surface area contributed by atoms with Gasteiger partial charge in [-0.15, -0.1) is 0 Å². The van der Waals surface area contributed by atoms with E-state index in [1.54, 1.807) is 6.07 Å². The van der Waals surface area contributed by atoms with Gasteiger partial charge in [0.25, 0.3) is 0 Å². The van der Waals surface area contributed by atoms with E-state index in [9.17, 15) is 5.11 Å². The van der Waals surface area contributed by atoms with Gasteiger partial charge in [0.1, 0.15) is 5.75 Å². The summed E-state index contributed by atoms with van der Waals surface area (Å²) in [5.41, 5.74) is 0.990. The first kappa shape index (κ1) is 13.4. The lowest BCUT2D eigenvalue weighted by molar-refractivity contribution is 0.163. The summed E-state index contributed by atoms with van der Waals surface area (Å²) in [6.45, 7) is 5.54. The van der Waals surface area contributed by atoms with E-state index in [1.165, 1.54) is 12.8 Å². The zero-order valence-electron chi connectivity index (χ0n) is 11.6. The Labute approximate surface area is 110 Å². The summed E-state index contributed by atoms with van der Waals surface area (Å²) in [5.74, 6) is 0.387. The Morgan fingerprint density at radius 2 is 2.11 bits per heavy atom. The van der Waals surface area contributed by atoms with Crippen LogP contribution in [0, 0.1) is 0 Å². The van der Waals surface area contributed by atoms with E-state index in [1.807, 2.05) is 18.2 Å². The molecule has 1 fully saturated rings. The maximum Gasteiger partial charge on any atom is 0.120 e. The van der Waals surface area contributed by atoms with Crippen molar-refractivity contribution >= 4 is 0 Å². The molecule has 2 rings (SSSR count). The van der Waals surface area contributed by atoms with Crippen LogP contribution >= 0.6 is 0 Å². The van der Waals surface area contributed by atoms with Crippen LogP contribution in [0.2, 0.25) is 0 Å². The molecule has 18 heavy (non-hydrogen) atoms. The van der Waals surface area contributed by atoms with Gasteiger partial charge in [-0.1, -0.05) is 18.2 Å². The van der Waals surface area contributed by atoms with Gasteiger partial charge in [0.05, 0.1) is 0 Å². The third-order valence-electron chi connectivity index (χ3n) is 4.10. The highest BCUT2D eigenvalue weighted by molar-refractivity contribution is 5.34. The van der Waals surface area contributed by atoms with Gasteiger partial charge in [-0.05, 0) is 46.3 Å². The molecule has 3 nitrogen and oxygen atoms in total. The predicted octanol–water partition coefficient (Wildman–Crippen LogP) is 2.53. The quantitative estimate of drug-likeness (QED) is 0.863. The van der Waals surface area contributed by atoms with Gasteiger partial charge >= 0.3 is 0 Å². The third kappa shape index (κ3) is 3.03. The van der Waals surface area contributed by atoms with Crippen LogP contribution < -0.4 is 5.32 Å². The van der Waals surface area contributed by atoms with Crippen LogP contribution in [0.25, 0.3) is 0 Å². The lowest BCUT2D eigenvalue weighted by atomic mass is 9.97. The third-order valence-corrected chi connectivity index (χ3v) is 4.10. The number of benzene rings is 1. The molecule has 0 bridgehead atoms. The summed E-state index contributed by atoms with van der Waals surface area (Å²) < 4.78 is 0. The van der Waals surface area contributed by atoms with Gasteiger partial charge in [0, 0.05) is 23.7 Å². The number of rotatable bonds is 3. The molecule has 0 aliphatic carbocycles. The molecule has 100 valence electrons. The highest BCUT2D eigenvalue weighted by Crippen LogP contribution is 2.25. The normalized spacial score (nSPS) is 27.1. The predicted molar refractivity (Wildman–Crippen MR) is 74.8 cm³/mol. The number of nitrogens with zero attached hydrogens (tertiary/aromatic N) is 1. The number of para-hydroxylation sites is 1. The van der Waals surface area contributed by atoms with Gasteiger partial charge < -0.3 is 15.3 Å². The maximum absolute atomic E-state index is 9.86. The van der Waals surface area contributed by atoms with E-state index >= 15 is 0 Å². The molecule has 2 N–H and O–H groups in total. The van der Waals surface area contributed by atoms with Crippen molar-refractivity contribution in [2.45, 2.75) is 44.8 Å². The summed E-state index contributed by atoms with van der Waals surface area (Å²) in [6, 6.07) is 8.97. The van der Waals surface area contributed by atoms with Crippen molar-refractivity contribution in [2.75, 3.05) is 13.6 Å². The minimum Gasteiger partial charge on any atom is -0.508 e. The molecule has 1 aromatic rings. The van der Waals surface area contributed by atoms with Crippen molar-refractivity contribution in [2.24, 2.45) is 0 Å². The van der Waals surface area contributed by atoms with E-state index in [-0.39, 0.29) is 6.04 Å². The van der Waals surface area contributed by atoms with E-state index in [2.05, 4.69) is 31.1 Å². The summed E-state index contributed by atoms with van der Waals surface area (Å²) in [6.07, 6.45) is 2.35. The van der Waals surface area contributed by atoms with Gasteiger partial charge in [0.15, 0.2) is 0 Å². The topological polar surface area (TPSA) is 35.5 Å². The number of hydrogen-bond donors (Lipinski definition) is 2. The molecule has 3 atom stereocenters. The Morgan fingerprint density at radius 1 is 1.39 bits per heavy atom. The standard InChI is InChI=1S/C15H24N2O/c1-11-10-13(8-9-17(11)3)16-12(2)14-6-4-5-7-15(14)18/h4-7,11-13,16,18H,8-10H2,1-3H3. The first-order chi connectivity index (χ1) is 8.58. The van der Waals surface area contributed by atoms with E-state index in [4.69, 9.17) is 0 Å². The number of phenols is 1. The number of nitrogens with one attached hydrogen (secondary N) is 1. The van der Waals surface area contributed by atoms with Gasteiger partial charge in [-0.2, -0.15) is 0 Å². The molecule has 3 heteroatoms.